The van der Waals surface area contributed by atoms with Crippen LogP contribution in [-0.2, 0) is 9.59 Å². The van der Waals surface area contributed by atoms with Crippen LogP contribution in [0.15, 0.2) is 108 Å². The molecule has 8 nitrogen and oxygen atoms in total. The van der Waals surface area contributed by atoms with Gasteiger partial charge in [0.25, 0.3) is 11.8 Å². The summed E-state index contributed by atoms with van der Waals surface area (Å²) < 4.78 is 25.0. The van der Waals surface area contributed by atoms with E-state index in [2.05, 4.69) is 16.0 Å². The molecule has 3 amide bonds. The largest absolute Gasteiger partial charge is 0.493 e. The van der Waals surface area contributed by atoms with Crippen LogP contribution in [-0.4, -0.2) is 37.2 Å². The monoisotopic (exact) mass is 613 g/mol. The van der Waals surface area contributed by atoms with Gasteiger partial charge in [0.05, 0.1) is 25.2 Å². The SMILES string of the molecule is CCC(Sc1cccc(NC(=O)/C(=C\c2cccc(OC)c2OC)NC(=O)c2ccccc2)c1)C(=O)Nc1ccccc1F. The van der Waals surface area contributed by atoms with Crippen LogP contribution in [0.5, 0.6) is 11.5 Å². The number of hydrogen-bond acceptors (Lipinski definition) is 6. The summed E-state index contributed by atoms with van der Waals surface area (Å²) in [6, 6.07) is 26.7. The van der Waals surface area contributed by atoms with Gasteiger partial charge in [-0.3, -0.25) is 14.4 Å². The molecule has 0 aliphatic heterocycles. The van der Waals surface area contributed by atoms with E-state index in [0.717, 1.165) is 0 Å². The first kappa shape index (κ1) is 31.8. The number of para-hydroxylation sites is 2. The van der Waals surface area contributed by atoms with Gasteiger partial charge < -0.3 is 25.4 Å². The molecule has 0 aromatic heterocycles. The van der Waals surface area contributed by atoms with Crippen molar-refractivity contribution < 1.29 is 28.2 Å². The fourth-order valence-corrected chi connectivity index (χ4v) is 5.24. The number of ether oxygens (including phenoxy) is 2. The fourth-order valence-electron chi connectivity index (χ4n) is 4.23. The van der Waals surface area contributed by atoms with E-state index < -0.39 is 22.9 Å². The number of rotatable bonds is 12. The first-order valence-electron chi connectivity index (χ1n) is 13.8. The summed E-state index contributed by atoms with van der Waals surface area (Å²) in [6.07, 6.45) is 2.00. The molecule has 1 atom stereocenters. The Morgan fingerprint density at radius 2 is 1.59 bits per heavy atom. The lowest BCUT2D eigenvalue weighted by Gasteiger charge is -2.16. The molecule has 226 valence electrons. The molecule has 4 rings (SSSR count). The van der Waals surface area contributed by atoms with Crippen LogP contribution in [0.1, 0.15) is 29.3 Å². The zero-order valence-electron chi connectivity index (χ0n) is 24.4. The van der Waals surface area contributed by atoms with Gasteiger partial charge in [-0.05, 0) is 61.0 Å². The molecule has 44 heavy (non-hydrogen) atoms. The van der Waals surface area contributed by atoms with Crippen LogP contribution in [0.4, 0.5) is 15.8 Å². The third-order valence-corrected chi connectivity index (χ3v) is 7.79. The Labute approximate surface area is 259 Å². The Morgan fingerprint density at radius 3 is 2.30 bits per heavy atom. The predicted octanol–water partition coefficient (Wildman–Crippen LogP) is 6.76. The molecule has 0 bridgehead atoms. The number of carbonyl (C=O) groups is 3. The van der Waals surface area contributed by atoms with Crippen molar-refractivity contribution in [2.45, 2.75) is 23.5 Å². The number of methoxy groups -OCH3 is 2. The van der Waals surface area contributed by atoms with Gasteiger partial charge >= 0.3 is 0 Å². The zero-order valence-corrected chi connectivity index (χ0v) is 25.2. The highest BCUT2D eigenvalue weighted by Crippen LogP contribution is 2.32. The molecule has 0 aliphatic carbocycles. The Morgan fingerprint density at radius 1 is 0.864 bits per heavy atom. The zero-order chi connectivity index (χ0) is 31.5. The third-order valence-electron chi connectivity index (χ3n) is 6.43. The maximum Gasteiger partial charge on any atom is 0.272 e. The molecular formula is C34H32FN3O5S. The minimum absolute atomic E-state index is 0.0286. The molecule has 0 fully saturated rings. The van der Waals surface area contributed by atoms with Crippen molar-refractivity contribution >= 4 is 46.9 Å². The lowest BCUT2D eigenvalue weighted by molar-refractivity contribution is -0.116. The number of benzene rings is 4. The highest BCUT2D eigenvalue weighted by molar-refractivity contribution is 8.00. The maximum absolute atomic E-state index is 14.1. The number of nitrogens with one attached hydrogen (secondary N) is 3. The molecule has 0 saturated heterocycles. The number of carbonyl (C=O) groups excluding carboxylic acids is 3. The van der Waals surface area contributed by atoms with Gasteiger partial charge in [-0.1, -0.05) is 55.5 Å². The van der Waals surface area contributed by atoms with Crippen LogP contribution in [0.25, 0.3) is 6.08 Å². The minimum atomic E-state index is -0.578. The highest BCUT2D eigenvalue weighted by Gasteiger charge is 2.21. The van der Waals surface area contributed by atoms with Crippen molar-refractivity contribution in [3.63, 3.8) is 0 Å². The van der Waals surface area contributed by atoms with Crippen molar-refractivity contribution in [3.8, 4) is 11.5 Å². The summed E-state index contributed by atoms with van der Waals surface area (Å²) in [5, 5.41) is 7.68. The van der Waals surface area contributed by atoms with Gasteiger partial charge in [0, 0.05) is 21.7 Å². The molecule has 0 radical (unpaired) electrons. The van der Waals surface area contributed by atoms with Gasteiger partial charge in [0.1, 0.15) is 11.5 Å². The molecule has 0 aliphatic rings. The van der Waals surface area contributed by atoms with Crippen LogP contribution in [0.3, 0.4) is 0 Å². The van der Waals surface area contributed by atoms with Gasteiger partial charge in [0.2, 0.25) is 5.91 Å². The summed E-state index contributed by atoms with van der Waals surface area (Å²) in [7, 11) is 2.99. The number of anilines is 2. The van der Waals surface area contributed by atoms with Gasteiger partial charge in [0.15, 0.2) is 11.5 Å². The van der Waals surface area contributed by atoms with E-state index in [1.807, 2.05) is 13.0 Å². The normalized spacial score (nSPS) is 11.7. The minimum Gasteiger partial charge on any atom is -0.493 e. The van der Waals surface area contributed by atoms with Crippen molar-refractivity contribution in [2.24, 2.45) is 0 Å². The van der Waals surface area contributed by atoms with E-state index in [4.69, 9.17) is 9.47 Å². The predicted molar refractivity (Wildman–Crippen MR) is 171 cm³/mol. The second-order valence-electron chi connectivity index (χ2n) is 9.43. The topological polar surface area (TPSA) is 106 Å². The van der Waals surface area contributed by atoms with Crippen molar-refractivity contribution in [2.75, 3.05) is 24.9 Å². The fraction of sp³-hybridized carbons (Fsp3) is 0.147. The highest BCUT2D eigenvalue weighted by atomic mass is 32.2. The second kappa shape index (κ2) is 15.4. The summed E-state index contributed by atoms with van der Waals surface area (Å²) in [6.45, 7) is 1.86. The second-order valence-corrected chi connectivity index (χ2v) is 10.7. The molecule has 4 aromatic rings. The van der Waals surface area contributed by atoms with E-state index >= 15 is 0 Å². The van der Waals surface area contributed by atoms with Crippen LogP contribution in [0.2, 0.25) is 0 Å². The quantitative estimate of drug-likeness (QED) is 0.120. The molecule has 3 N–H and O–H groups in total. The van der Waals surface area contributed by atoms with Crippen molar-refractivity contribution in [1.29, 1.82) is 0 Å². The van der Waals surface area contributed by atoms with E-state index in [0.29, 0.717) is 39.6 Å². The summed E-state index contributed by atoms with van der Waals surface area (Å²) in [5.74, 6) is -1.04. The standard InChI is InChI=1S/C34H32FN3O5S/c1-4-30(34(41)37-27-18-9-8-17-26(27)35)44-25-16-11-15-24(21-25)36-33(40)28(38-32(39)22-12-6-5-7-13-22)20-23-14-10-19-29(42-2)31(23)43-3/h5-21,30H,4H2,1-3H3,(H,36,40)(H,37,41)(H,38,39)/b28-20+. The van der Waals surface area contributed by atoms with Gasteiger partial charge in [-0.2, -0.15) is 0 Å². The van der Waals surface area contributed by atoms with Crippen molar-refractivity contribution in [1.82, 2.24) is 5.32 Å². The molecule has 4 aromatic carbocycles. The van der Waals surface area contributed by atoms with Crippen molar-refractivity contribution in [3.05, 3.63) is 120 Å². The average molecular weight is 614 g/mol. The van der Waals surface area contributed by atoms with Gasteiger partial charge in [-0.15, -0.1) is 11.8 Å². The first-order valence-corrected chi connectivity index (χ1v) is 14.6. The summed E-state index contributed by atoms with van der Waals surface area (Å²) in [5.41, 5.74) is 1.42. The molecule has 1 unspecified atom stereocenters. The Kier molecular flexibility index (Phi) is 11.1. The van der Waals surface area contributed by atoms with E-state index in [-0.39, 0.29) is 17.3 Å². The van der Waals surface area contributed by atoms with E-state index in [9.17, 15) is 18.8 Å². The maximum atomic E-state index is 14.1. The first-order chi connectivity index (χ1) is 21.3. The number of amides is 3. The van der Waals surface area contributed by atoms with Crippen LogP contribution >= 0.6 is 11.8 Å². The number of thioether (sulfide) groups is 1. The molecular weight excluding hydrogens is 581 g/mol. The summed E-state index contributed by atoms with van der Waals surface area (Å²) >= 11 is 1.29. The molecule has 0 saturated carbocycles. The third kappa shape index (κ3) is 8.26. The average Bonchev–Trinajstić information content (AvgIpc) is 3.04. The van der Waals surface area contributed by atoms with Crippen LogP contribution < -0.4 is 25.4 Å². The molecule has 0 heterocycles. The van der Waals surface area contributed by atoms with Gasteiger partial charge in [-0.25, -0.2) is 4.39 Å². The lowest BCUT2D eigenvalue weighted by atomic mass is 10.1. The van der Waals surface area contributed by atoms with Crippen LogP contribution in [0, 0.1) is 5.82 Å². The Balaban J connectivity index is 1.56. The smallest absolute Gasteiger partial charge is 0.272 e. The Bertz CT molecular complexity index is 1660. The lowest BCUT2D eigenvalue weighted by Crippen LogP contribution is -2.30. The Hall–Kier alpha value is -5.09. The molecule has 0 spiro atoms. The van der Waals surface area contributed by atoms with E-state index in [1.54, 1.807) is 78.9 Å². The number of halogens is 1. The number of hydrogen-bond donors (Lipinski definition) is 3. The van der Waals surface area contributed by atoms with E-state index in [1.165, 1.54) is 44.2 Å². The summed E-state index contributed by atoms with van der Waals surface area (Å²) in [4.78, 5) is 40.3. The molecule has 10 heteroatoms.